The highest BCUT2D eigenvalue weighted by atomic mass is 35.5. The molecule has 0 saturated heterocycles. The molecule has 1 atom stereocenters. The number of aromatic nitrogens is 2. The summed E-state index contributed by atoms with van der Waals surface area (Å²) < 4.78 is 17.5. The van der Waals surface area contributed by atoms with E-state index in [4.69, 9.17) is 34.0 Å². The molecule has 0 fully saturated rings. The van der Waals surface area contributed by atoms with Gasteiger partial charge in [0.25, 0.3) is 5.91 Å². The third-order valence-electron chi connectivity index (χ3n) is 5.01. The van der Waals surface area contributed by atoms with Crippen molar-refractivity contribution >= 4 is 52.6 Å². The Hall–Kier alpha value is -3.51. The number of amides is 1. The van der Waals surface area contributed by atoms with Crippen LogP contribution in [0.2, 0.25) is 10.0 Å². The van der Waals surface area contributed by atoms with Gasteiger partial charge >= 0.3 is 11.9 Å². The van der Waals surface area contributed by atoms with Crippen molar-refractivity contribution in [1.82, 2.24) is 15.3 Å². The summed E-state index contributed by atoms with van der Waals surface area (Å²) in [4.78, 5) is 45.2. The number of nitrogens with one attached hydrogen (secondary N) is 1. The molecule has 1 aliphatic rings. The van der Waals surface area contributed by atoms with E-state index in [2.05, 4.69) is 25.0 Å². The predicted molar refractivity (Wildman–Crippen MR) is 126 cm³/mol. The lowest BCUT2D eigenvalue weighted by Gasteiger charge is -2.21. The van der Waals surface area contributed by atoms with Crippen LogP contribution >= 0.6 is 23.2 Å². The van der Waals surface area contributed by atoms with Crippen LogP contribution in [0.3, 0.4) is 0 Å². The summed E-state index contributed by atoms with van der Waals surface area (Å²) in [6.07, 6.45) is 1.56. The second kappa shape index (κ2) is 10.8. The van der Waals surface area contributed by atoms with Gasteiger partial charge in [0.2, 0.25) is 11.8 Å². The summed E-state index contributed by atoms with van der Waals surface area (Å²) in [5.74, 6) is -3.82. The van der Waals surface area contributed by atoms with E-state index in [1.807, 2.05) is 13.8 Å². The van der Waals surface area contributed by atoms with Gasteiger partial charge in [-0.1, -0.05) is 37.0 Å². The van der Waals surface area contributed by atoms with Gasteiger partial charge in [-0.3, -0.25) is 9.78 Å². The average Bonchev–Trinajstić information content (AvgIpc) is 3.09. The summed E-state index contributed by atoms with van der Waals surface area (Å²) in [7, 11) is 0. The van der Waals surface area contributed by atoms with Crippen LogP contribution in [0.1, 0.15) is 42.4 Å². The number of hydrogen-bond donors (Lipinski definition) is 4. The van der Waals surface area contributed by atoms with E-state index in [9.17, 15) is 23.9 Å². The summed E-state index contributed by atoms with van der Waals surface area (Å²) in [5.41, 5.74) is 5.16. The fourth-order valence-electron chi connectivity index (χ4n) is 2.71. The fourth-order valence-corrected chi connectivity index (χ4v) is 3.08. The Bertz CT molecular complexity index is 1220. The number of anilines is 1. The van der Waals surface area contributed by atoms with E-state index in [1.54, 1.807) is 20.0 Å². The normalized spacial score (nSPS) is 16.8. The lowest BCUT2D eigenvalue weighted by molar-refractivity contribution is -0.139. The molecule has 5 N–H and O–H groups in total. The van der Waals surface area contributed by atoms with Gasteiger partial charge in [0.05, 0.1) is 11.3 Å². The van der Waals surface area contributed by atoms with E-state index in [-0.39, 0.29) is 39.6 Å². The molecule has 2 aromatic rings. The Morgan fingerprint density at radius 3 is 2.43 bits per heavy atom. The lowest BCUT2D eigenvalue weighted by atomic mass is 9.89. The zero-order valence-corrected chi connectivity index (χ0v) is 20.5. The maximum Gasteiger partial charge on any atom is 0.341 e. The van der Waals surface area contributed by atoms with Gasteiger partial charge in [0, 0.05) is 6.20 Å². The standard InChI is InChI=1S/C14H17N3O3.C7H5Cl2FN2O3/c1-7(2)14(4)13(20)16-11(17-14)10-9(12(18)19)5-8(3)6-15-10;8-3-5(11)4(9)7(12-6(3)10)15-1-2(13)14/h5-7H,1-4H3,(H,18,19)(H,16,17,20);1H2,(H2,11,12)(H,13,14). The van der Waals surface area contributed by atoms with Gasteiger partial charge in [0.15, 0.2) is 12.4 Å². The molecule has 3 heterocycles. The number of halogens is 3. The van der Waals surface area contributed by atoms with Crippen molar-refractivity contribution in [2.24, 2.45) is 10.9 Å². The van der Waals surface area contributed by atoms with Crippen molar-refractivity contribution in [3.8, 4) is 5.88 Å². The highest BCUT2D eigenvalue weighted by molar-refractivity contribution is 6.39. The third kappa shape index (κ3) is 6.14. The molecule has 1 aliphatic heterocycles. The molecular formula is C21H22Cl2FN5O6. The minimum atomic E-state index is -1.25. The highest BCUT2D eigenvalue weighted by Crippen LogP contribution is 2.35. The number of ether oxygens (including phenoxy) is 1. The Labute approximate surface area is 209 Å². The van der Waals surface area contributed by atoms with Crippen LogP contribution in [0.25, 0.3) is 0 Å². The number of aliphatic carboxylic acids is 1. The summed E-state index contributed by atoms with van der Waals surface area (Å²) in [5, 5.41) is 19.6. The Morgan fingerprint density at radius 1 is 1.29 bits per heavy atom. The topological polar surface area (TPSA) is 177 Å². The largest absolute Gasteiger partial charge is 0.479 e. The fraction of sp³-hybridized carbons (Fsp3) is 0.333. The lowest BCUT2D eigenvalue weighted by Crippen LogP contribution is -2.41. The highest BCUT2D eigenvalue weighted by Gasteiger charge is 2.43. The number of rotatable bonds is 6. The molecule has 35 heavy (non-hydrogen) atoms. The summed E-state index contributed by atoms with van der Waals surface area (Å²) in [6, 6.07) is 1.52. The monoisotopic (exact) mass is 529 g/mol. The van der Waals surface area contributed by atoms with Crippen molar-refractivity contribution in [2.45, 2.75) is 33.2 Å². The number of nitrogen functional groups attached to an aromatic ring is 1. The molecule has 3 rings (SSSR count). The number of amidine groups is 1. The summed E-state index contributed by atoms with van der Waals surface area (Å²) >= 11 is 11.0. The van der Waals surface area contributed by atoms with Gasteiger partial charge in [-0.25, -0.2) is 14.6 Å². The number of aromatic carboxylic acids is 1. The quantitative estimate of drug-likeness (QED) is 0.409. The van der Waals surface area contributed by atoms with Crippen LogP contribution in [0.15, 0.2) is 17.3 Å². The molecule has 11 nitrogen and oxygen atoms in total. The first kappa shape index (κ1) is 27.7. The first-order valence-electron chi connectivity index (χ1n) is 9.95. The minimum absolute atomic E-state index is 0.00118. The molecule has 1 unspecified atom stereocenters. The van der Waals surface area contributed by atoms with E-state index in [0.29, 0.717) is 0 Å². The van der Waals surface area contributed by atoms with Crippen LogP contribution in [-0.2, 0) is 9.59 Å². The minimum Gasteiger partial charge on any atom is -0.479 e. The third-order valence-corrected chi connectivity index (χ3v) is 5.74. The van der Waals surface area contributed by atoms with Crippen LogP contribution in [0, 0.1) is 18.8 Å². The number of carbonyl (C=O) groups is 3. The van der Waals surface area contributed by atoms with Gasteiger partial charge in [-0.05, 0) is 31.4 Å². The number of nitrogens with two attached hydrogens (primary N) is 1. The Balaban J connectivity index is 0.000000258. The number of carboxylic acids is 2. The van der Waals surface area contributed by atoms with Gasteiger partial charge in [0.1, 0.15) is 21.3 Å². The number of nitrogens with zero attached hydrogens (tertiary/aromatic N) is 3. The van der Waals surface area contributed by atoms with E-state index in [1.165, 1.54) is 6.07 Å². The van der Waals surface area contributed by atoms with E-state index >= 15 is 0 Å². The molecule has 2 aromatic heterocycles. The molecule has 188 valence electrons. The summed E-state index contributed by atoms with van der Waals surface area (Å²) in [6.45, 7) is 6.58. The molecule has 0 bridgehead atoms. The second-order valence-corrected chi connectivity index (χ2v) is 8.62. The van der Waals surface area contributed by atoms with Crippen LogP contribution < -0.4 is 15.8 Å². The van der Waals surface area contributed by atoms with E-state index in [0.717, 1.165) is 5.56 Å². The van der Waals surface area contributed by atoms with Gasteiger partial charge < -0.3 is 26.0 Å². The molecule has 0 spiro atoms. The van der Waals surface area contributed by atoms with Crippen molar-refractivity contribution in [1.29, 1.82) is 0 Å². The van der Waals surface area contributed by atoms with Crippen LogP contribution in [-0.4, -0.2) is 56.0 Å². The maximum atomic E-state index is 12.9. The second-order valence-electron chi connectivity index (χ2n) is 7.86. The molecule has 0 aromatic carbocycles. The zero-order chi connectivity index (χ0) is 26.7. The van der Waals surface area contributed by atoms with Crippen molar-refractivity contribution in [3.05, 3.63) is 45.1 Å². The van der Waals surface area contributed by atoms with Crippen LogP contribution in [0.4, 0.5) is 10.1 Å². The first-order valence-corrected chi connectivity index (χ1v) is 10.7. The molecule has 1 amide bonds. The van der Waals surface area contributed by atoms with Crippen molar-refractivity contribution < 1.29 is 33.7 Å². The Morgan fingerprint density at radius 2 is 1.91 bits per heavy atom. The SMILES string of the molecule is Cc1cnc(C2=NC(C)(C(C)C)C(=O)N2)c(C(=O)O)c1.Nc1c(Cl)c(F)nc(OCC(=O)O)c1Cl. The predicted octanol–water partition coefficient (Wildman–Crippen LogP) is 2.95. The molecule has 0 radical (unpaired) electrons. The molecule has 14 heteroatoms. The van der Waals surface area contributed by atoms with E-state index < -0.39 is 40.9 Å². The molecular weight excluding hydrogens is 508 g/mol. The first-order chi connectivity index (χ1) is 16.2. The number of hydrogen-bond acceptors (Lipinski definition) is 8. The van der Waals surface area contributed by atoms with Gasteiger partial charge in [-0.15, -0.1) is 0 Å². The van der Waals surface area contributed by atoms with Crippen molar-refractivity contribution in [3.63, 3.8) is 0 Å². The van der Waals surface area contributed by atoms with Crippen LogP contribution in [0.5, 0.6) is 5.88 Å². The number of pyridine rings is 2. The maximum absolute atomic E-state index is 12.9. The smallest absolute Gasteiger partial charge is 0.341 e. The Kier molecular flexibility index (Phi) is 8.58. The van der Waals surface area contributed by atoms with Gasteiger partial charge in [-0.2, -0.15) is 9.37 Å². The molecule has 0 saturated carbocycles. The molecule has 0 aliphatic carbocycles. The number of carboxylic acid groups (broad SMARTS) is 2. The zero-order valence-electron chi connectivity index (χ0n) is 19.0. The number of carbonyl (C=O) groups excluding carboxylic acids is 1. The number of aliphatic imine (C=N–C) groups is 1. The number of aryl methyl sites for hydroxylation is 1. The van der Waals surface area contributed by atoms with Crippen molar-refractivity contribution in [2.75, 3.05) is 12.3 Å². The average molecular weight is 530 g/mol.